The van der Waals surface area contributed by atoms with Crippen LogP contribution in [0, 0.1) is 0 Å². The lowest BCUT2D eigenvalue weighted by atomic mass is 10.3. The molecule has 0 heterocycles. The molecule has 0 aromatic carbocycles. The summed E-state index contributed by atoms with van der Waals surface area (Å²) in [5.74, 6) is 0.441. The lowest BCUT2D eigenvalue weighted by Crippen LogP contribution is -2.26. The second-order valence-electron chi connectivity index (χ2n) is 3.01. The van der Waals surface area contributed by atoms with E-state index in [0.717, 1.165) is 12.8 Å². The minimum Gasteiger partial charge on any atom is -0.374 e. The van der Waals surface area contributed by atoms with Crippen LogP contribution in [0.25, 0.3) is 0 Å². The summed E-state index contributed by atoms with van der Waals surface area (Å²) in [5.41, 5.74) is 0. The van der Waals surface area contributed by atoms with E-state index in [9.17, 15) is 13.2 Å². The topological polar surface area (TPSA) is 24.4 Å². The first-order chi connectivity index (χ1) is 6.49. The molecule has 2 nitrogen and oxygen atoms in total. The molecule has 0 aliphatic heterocycles. The molecule has 0 rings (SSSR count). The predicted octanol–water partition coefficient (Wildman–Crippen LogP) is 2.75. The number of hydrogen-bond acceptors (Lipinski definition) is 1. The highest BCUT2D eigenvalue weighted by atomic mass is 19.4. The van der Waals surface area contributed by atoms with Gasteiger partial charge in [-0.25, -0.2) is 0 Å². The van der Waals surface area contributed by atoms with Crippen LogP contribution in [0.2, 0.25) is 0 Å². The van der Waals surface area contributed by atoms with Gasteiger partial charge in [-0.1, -0.05) is 20.3 Å². The average molecular weight is 210 g/mol. The van der Waals surface area contributed by atoms with Crippen LogP contribution in [-0.4, -0.2) is 25.1 Å². The zero-order valence-corrected chi connectivity index (χ0v) is 8.62. The highest BCUT2D eigenvalue weighted by Gasteiger charge is 2.26. The lowest BCUT2D eigenvalue weighted by Gasteiger charge is -2.08. The van der Waals surface area contributed by atoms with Crippen LogP contribution >= 0.6 is 0 Å². The minimum absolute atomic E-state index is 0.441. The van der Waals surface area contributed by atoms with Crippen molar-refractivity contribution in [1.29, 1.82) is 0 Å². The van der Waals surface area contributed by atoms with Crippen LogP contribution < -0.4 is 5.32 Å². The van der Waals surface area contributed by atoms with E-state index in [4.69, 9.17) is 0 Å². The van der Waals surface area contributed by atoms with E-state index in [1.807, 2.05) is 6.92 Å². The van der Waals surface area contributed by atoms with Crippen LogP contribution in [0.4, 0.5) is 13.2 Å². The van der Waals surface area contributed by atoms with Gasteiger partial charge in [0.05, 0.1) is 5.84 Å². The Morgan fingerprint density at radius 3 is 2.36 bits per heavy atom. The molecule has 0 aliphatic carbocycles. The van der Waals surface area contributed by atoms with Gasteiger partial charge in [-0.2, -0.15) is 13.2 Å². The predicted molar refractivity (Wildman–Crippen MR) is 51.6 cm³/mol. The Balaban J connectivity index is 3.87. The molecule has 0 saturated heterocycles. The van der Waals surface area contributed by atoms with Crippen LogP contribution in [0.5, 0.6) is 0 Å². The second kappa shape index (κ2) is 6.68. The number of alkyl halides is 3. The molecule has 14 heavy (non-hydrogen) atoms. The lowest BCUT2D eigenvalue weighted by molar-refractivity contribution is -0.118. The molecule has 0 spiro atoms. The quantitative estimate of drug-likeness (QED) is 0.421. The molecule has 0 atom stereocenters. The zero-order valence-electron chi connectivity index (χ0n) is 8.62. The third-order valence-corrected chi connectivity index (χ3v) is 1.64. The maximum absolute atomic E-state index is 11.8. The second-order valence-corrected chi connectivity index (χ2v) is 3.01. The maximum Gasteiger partial charge on any atom is 0.408 e. The number of hydrogen-bond donors (Lipinski definition) is 1. The van der Waals surface area contributed by atoms with Crippen molar-refractivity contribution in [1.82, 2.24) is 5.32 Å². The van der Waals surface area contributed by atoms with Crippen molar-refractivity contribution in [3.8, 4) is 0 Å². The van der Waals surface area contributed by atoms with Crippen molar-refractivity contribution in [2.24, 2.45) is 4.99 Å². The van der Waals surface area contributed by atoms with Gasteiger partial charge >= 0.3 is 6.18 Å². The van der Waals surface area contributed by atoms with Gasteiger partial charge in [-0.15, -0.1) is 0 Å². The summed E-state index contributed by atoms with van der Waals surface area (Å²) in [5, 5.41) is 2.89. The van der Waals surface area contributed by atoms with E-state index in [-0.39, 0.29) is 0 Å². The van der Waals surface area contributed by atoms with E-state index >= 15 is 0 Å². The largest absolute Gasteiger partial charge is 0.408 e. The first kappa shape index (κ1) is 13.3. The number of nitrogens with zero attached hydrogens (tertiary/aromatic N) is 1. The van der Waals surface area contributed by atoms with Gasteiger partial charge < -0.3 is 5.32 Å². The molecule has 0 radical (unpaired) electrons. The molecule has 1 N–H and O–H groups in total. The number of amidine groups is 1. The Hall–Kier alpha value is -0.740. The van der Waals surface area contributed by atoms with Crippen LogP contribution in [-0.2, 0) is 0 Å². The molecule has 0 fully saturated rings. The van der Waals surface area contributed by atoms with Crippen molar-refractivity contribution in [3.63, 3.8) is 0 Å². The summed E-state index contributed by atoms with van der Waals surface area (Å²) in [6, 6.07) is 0. The Morgan fingerprint density at radius 1 is 1.29 bits per heavy atom. The molecule has 0 saturated carbocycles. The van der Waals surface area contributed by atoms with E-state index in [1.165, 1.54) is 0 Å². The van der Waals surface area contributed by atoms with Gasteiger partial charge in [0.2, 0.25) is 0 Å². The smallest absolute Gasteiger partial charge is 0.374 e. The molecule has 84 valence electrons. The Labute approximate surface area is 82.6 Å². The summed E-state index contributed by atoms with van der Waals surface area (Å²) in [4.78, 5) is 3.47. The van der Waals surface area contributed by atoms with Gasteiger partial charge in [0.1, 0.15) is 6.54 Å². The third-order valence-electron chi connectivity index (χ3n) is 1.64. The fourth-order valence-corrected chi connectivity index (χ4v) is 0.887. The first-order valence-electron chi connectivity index (χ1n) is 4.83. The van der Waals surface area contributed by atoms with Crippen molar-refractivity contribution in [2.45, 2.75) is 39.3 Å². The normalized spacial score (nSPS) is 13.1. The van der Waals surface area contributed by atoms with Crippen LogP contribution in [0.3, 0.4) is 0 Å². The van der Waals surface area contributed by atoms with E-state index < -0.39 is 12.7 Å². The van der Waals surface area contributed by atoms with Crippen molar-refractivity contribution < 1.29 is 13.2 Å². The van der Waals surface area contributed by atoms with E-state index in [0.29, 0.717) is 18.8 Å². The highest BCUT2D eigenvalue weighted by Crippen LogP contribution is 2.14. The Kier molecular flexibility index (Phi) is 6.32. The van der Waals surface area contributed by atoms with Gasteiger partial charge in [-0.3, -0.25) is 4.99 Å². The first-order valence-corrected chi connectivity index (χ1v) is 4.83. The van der Waals surface area contributed by atoms with Crippen molar-refractivity contribution in [2.75, 3.05) is 13.1 Å². The number of nitrogens with one attached hydrogen (secondary N) is 1. The fourth-order valence-electron chi connectivity index (χ4n) is 0.887. The number of unbranched alkanes of at least 4 members (excludes halogenated alkanes) is 1. The molecule has 0 unspecified atom stereocenters. The summed E-state index contributed by atoms with van der Waals surface area (Å²) >= 11 is 0. The SMILES string of the molecule is CCCCNC(CC)=NCC(F)(F)F. The van der Waals surface area contributed by atoms with Gasteiger partial charge in [-0.05, 0) is 6.42 Å². The highest BCUT2D eigenvalue weighted by molar-refractivity contribution is 5.81. The molecule has 5 heteroatoms. The minimum atomic E-state index is -4.20. The molecule has 0 bridgehead atoms. The van der Waals surface area contributed by atoms with Crippen molar-refractivity contribution >= 4 is 5.84 Å². The molecule has 0 aromatic rings. The van der Waals surface area contributed by atoms with Gasteiger partial charge in [0.25, 0.3) is 0 Å². The monoisotopic (exact) mass is 210 g/mol. The van der Waals surface area contributed by atoms with E-state index in [2.05, 4.69) is 10.3 Å². The Morgan fingerprint density at radius 2 is 1.93 bits per heavy atom. The molecule has 0 amide bonds. The van der Waals surface area contributed by atoms with Gasteiger partial charge in [0.15, 0.2) is 0 Å². The summed E-state index contributed by atoms with van der Waals surface area (Å²) in [6.07, 6.45) is -1.72. The van der Waals surface area contributed by atoms with Crippen molar-refractivity contribution in [3.05, 3.63) is 0 Å². The average Bonchev–Trinajstić information content (AvgIpc) is 2.09. The maximum atomic E-state index is 11.8. The number of aliphatic imine (C=N–C) groups is 1. The summed E-state index contributed by atoms with van der Waals surface area (Å²) in [7, 11) is 0. The third kappa shape index (κ3) is 7.89. The standard InChI is InChI=1S/C9H17F3N2/c1-3-5-6-13-8(4-2)14-7-9(10,11)12/h3-7H2,1-2H3,(H,13,14). The molecule has 0 aliphatic rings. The number of halogens is 3. The number of rotatable bonds is 5. The molecule has 0 aromatic heterocycles. The summed E-state index contributed by atoms with van der Waals surface area (Å²) in [6.45, 7) is 3.42. The summed E-state index contributed by atoms with van der Waals surface area (Å²) < 4.78 is 35.4. The van der Waals surface area contributed by atoms with Crippen LogP contribution in [0.1, 0.15) is 33.1 Å². The molecular formula is C9H17F3N2. The zero-order chi connectivity index (χ0) is 11.0. The van der Waals surface area contributed by atoms with E-state index in [1.54, 1.807) is 6.92 Å². The molecular weight excluding hydrogens is 193 g/mol. The fraction of sp³-hybridized carbons (Fsp3) is 0.889. The Bertz CT molecular complexity index is 175. The van der Waals surface area contributed by atoms with Crippen LogP contribution in [0.15, 0.2) is 4.99 Å². The van der Waals surface area contributed by atoms with Gasteiger partial charge in [0, 0.05) is 13.0 Å².